The van der Waals surface area contributed by atoms with Gasteiger partial charge in [0.05, 0.1) is 4.92 Å². The maximum absolute atomic E-state index is 11.2. The van der Waals surface area contributed by atoms with E-state index >= 15 is 0 Å². The largest absolute Gasteiger partial charge is 0.351 e. The van der Waals surface area contributed by atoms with Crippen LogP contribution in [0.15, 0.2) is 29.1 Å². The van der Waals surface area contributed by atoms with Crippen LogP contribution in [0.3, 0.4) is 0 Å². The molecule has 2 aromatic rings. The smallest absolute Gasteiger partial charge is 0.311 e. The van der Waals surface area contributed by atoms with Crippen molar-refractivity contribution in [3.8, 4) is 0 Å². The van der Waals surface area contributed by atoms with Gasteiger partial charge in [-0.15, -0.1) is 0 Å². The van der Waals surface area contributed by atoms with Crippen molar-refractivity contribution >= 4 is 22.8 Å². The van der Waals surface area contributed by atoms with Crippen molar-refractivity contribution in [3.63, 3.8) is 0 Å². The van der Waals surface area contributed by atoms with Crippen molar-refractivity contribution in [1.29, 1.82) is 0 Å². The number of hydrogen-bond donors (Lipinski definition) is 0. The van der Waals surface area contributed by atoms with Crippen LogP contribution in [0.5, 0.6) is 0 Å². The Labute approximate surface area is 122 Å². The van der Waals surface area contributed by atoms with E-state index in [-0.39, 0.29) is 16.7 Å². The van der Waals surface area contributed by atoms with Crippen molar-refractivity contribution in [2.75, 3.05) is 11.9 Å². The standard InChI is InChI=1S/C14H17N3O2S/c1-10-6-13(17(18)19)14(15-8-10)16(3)11(2)7-12-4-5-20-9-12/h4-6,8-9,11H,7H2,1-3H3. The third-order valence-corrected chi connectivity index (χ3v) is 4.02. The molecule has 0 fully saturated rings. The number of thiophene rings is 1. The van der Waals surface area contributed by atoms with E-state index in [9.17, 15) is 10.1 Å². The summed E-state index contributed by atoms with van der Waals surface area (Å²) in [5.74, 6) is 0.420. The molecule has 20 heavy (non-hydrogen) atoms. The number of anilines is 1. The molecule has 0 amide bonds. The molecule has 0 spiro atoms. The van der Waals surface area contributed by atoms with Crippen molar-refractivity contribution in [2.24, 2.45) is 0 Å². The Kier molecular flexibility index (Phi) is 4.34. The lowest BCUT2D eigenvalue weighted by molar-refractivity contribution is -0.384. The van der Waals surface area contributed by atoms with Crippen molar-refractivity contribution in [1.82, 2.24) is 4.98 Å². The fourth-order valence-corrected chi connectivity index (χ4v) is 2.73. The number of nitrogens with zero attached hydrogens (tertiary/aromatic N) is 3. The minimum atomic E-state index is -0.372. The van der Waals surface area contributed by atoms with Gasteiger partial charge in [0.2, 0.25) is 5.82 Å². The van der Waals surface area contributed by atoms with E-state index in [1.165, 1.54) is 5.56 Å². The molecule has 106 valence electrons. The minimum Gasteiger partial charge on any atom is -0.351 e. The highest BCUT2D eigenvalue weighted by Crippen LogP contribution is 2.27. The van der Waals surface area contributed by atoms with Crippen molar-refractivity contribution < 1.29 is 4.92 Å². The zero-order valence-electron chi connectivity index (χ0n) is 11.7. The van der Waals surface area contributed by atoms with Crippen LogP contribution in [0.25, 0.3) is 0 Å². The molecule has 0 aromatic carbocycles. The van der Waals surface area contributed by atoms with E-state index in [1.807, 2.05) is 24.3 Å². The molecule has 1 atom stereocenters. The van der Waals surface area contributed by atoms with Gasteiger partial charge in [0, 0.05) is 25.4 Å². The number of hydrogen-bond acceptors (Lipinski definition) is 5. The van der Waals surface area contributed by atoms with Crippen LogP contribution in [0, 0.1) is 17.0 Å². The van der Waals surface area contributed by atoms with Crippen molar-refractivity contribution in [3.05, 3.63) is 50.3 Å². The topological polar surface area (TPSA) is 59.3 Å². The molecule has 1 unspecified atom stereocenters. The quantitative estimate of drug-likeness (QED) is 0.625. The molecule has 6 heteroatoms. The van der Waals surface area contributed by atoms with E-state index in [4.69, 9.17) is 0 Å². The van der Waals surface area contributed by atoms with Gasteiger partial charge in [0.15, 0.2) is 0 Å². The maximum Gasteiger partial charge on any atom is 0.311 e. The Morgan fingerprint density at radius 1 is 1.55 bits per heavy atom. The SMILES string of the molecule is Cc1cnc(N(C)C(C)Cc2ccsc2)c([N+](=O)[O-])c1. The fourth-order valence-electron chi connectivity index (χ4n) is 2.05. The molecule has 2 aromatic heterocycles. The third-order valence-electron chi connectivity index (χ3n) is 3.29. The predicted octanol–water partition coefficient (Wildman–Crippen LogP) is 3.43. The molecule has 0 N–H and O–H groups in total. The summed E-state index contributed by atoms with van der Waals surface area (Å²) in [7, 11) is 1.85. The first-order chi connectivity index (χ1) is 9.49. The average Bonchev–Trinajstić information content (AvgIpc) is 2.90. The van der Waals surface area contributed by atoms with Crippen LogP contribution in [-0.4, -0.2) is 23.0 Å². The van der Waals surface area contributed by atoms with Gasteiger partial charge in [-0.05, 0) is 48.2 Å². The molecule has 2 heterocycles. The molecule has 0 aliphatic rings. The zero-order chi connectivity index (χ0) is 14.7. The van der Waals surface area contributed by atoms with Gasteiger partial charge in [-0.1, -0.05) is 0 Å². The highest BCUT2D eigenvalue weighted by Gasteiger charge is 2.22. The van der Waals surface area contributed by atoms with Crippen LogP contribution in [0.4, 0.5) is 11.5 Å². The molecule has 5 nitrogen and oxygen atoms in total. The molecule has 2 rings (SSSR count). The lowest BCUT2D eigenvalue weighted by Crippen LogP contribution is -2.31. The second-order valence-corrected chi connectivity index (χ2v) is 5.69. The summed E-state index contributed by atoms with van der Waals surface area (Å²) in [5, 5.41) is 15.3. The van der Waals surface area contributed by atoms with E-state index in [1.54, 1.807) is 30.5 Å². The average molecular weight is 291 g/mol. The summed E-state index contributed by atoms with van der Waals surface area (Å²) in [6.45, 7) is 3.85. The summed E-state index contributed by atoms with van der Waals surface area (Å²) in [6.07, 6.45) is 2.50. The number of rotatable bonds is 5. The highest BCUT2D eigenvalue weighted by molar-refractivity contribution is 7.07. The van der Waals surface area contributed by atoms with Gasteiger partial charge in [-0.2, -0.15) is 11.3 Å². The molecule has 0 aliphatic carbocycles. The minimum absolute atomic E-state index is 0.0599. The maximum atomic E-state index is 11.2. The van der Waals surface area contributed by atoms with Crippen LogP contribution in [-0.2, 0) is 6.42 Å². The Morgan fingerprint density at radius 2 is 2.30 bits per heavy atom. The summed E-state index contributed by atoms with van der Waals surface area (Å²) in [6, 6.07) is 3.78. The first-order valence-electron chi connectivity index (χ1n) is 6.34. The Morgan fingerprint density at radius 3 is 2.90 bits per heavy atom. The van der Waals surface area contributed by atoms with Crippen LogP contribution < -0.4 is 4.90 Å². The van der Waals surface area contributed by atoms with Gasteiger partial charge in [0.25, 0.3) is 0 Å². The Balaban J connectivity index is 2.24. The summed E-state index contributed by atoms with van der Waals surface area (Å²) in [5.41, 5.74) is 2.09. The summed E-state index contributed by atoms with van der Waals surface area (Å²) >= 11 is 1.66. The van der Waals surface area contributed by atoms with Crippen molar-refractivity contribution in [2.45, 2.75) is 26.3 Å². The zero-order valence-corrected chi connectivity index (χ0v) is 12.6. The van der Waals surface area contributed by atoms with Crippen LogP contribution >= 0.6 is 11.3 Å². The fraction of sp³-hybridized carbons (Fsp3) is 0.357. The number of nitro groups is 1. The Bertz CT molecular complexity index is 598. The normalized spacial score (nSPS) is 12.2. The molecule has 0 radical (unpaired) electrons. The molecule has 0 bridgehead atoms. The van der Waals surface area contributed by atoms with E-state index in [2.05, 4.69) is 16.4 Å². The van der Waals surface area contributed by atoms with Gasteiger partial charge in [-0.3, -0.25) is 10.1 Å². The number of pyridine rings is 1. The highest BCUT2D eigenvalue weighted by atomic mass is 32.1. The first kappa shape index (κ1) is 14.5. The second-order valence-electron chi connectivity index (χ2n) is 4.91. The second kappa shape index (κ2) is 6.00. The lowest BCUT2D eigenvalue weighted by Gasteiger charge is -2.25. The van der Waals surface area contributed by atoms with E-state index in [0.29, 0.717) is 5.82 Å². The van der Waals surface area contributed by atoms with E-state index < -0.39 is 0 Å². The van der Waals surface area contributed by atoms with Crippen LogP contribution in [0.1, 0.15) is 18.1 Å². The lowest BCUT2D eigenvalue weighted by atomic mass is 10.1. The third kappa shape index (κ3) is 3.14. The van der Waals surface area contributed by atoms with Gasteiger partial charge < -0.3 is 4.90 Å². The molecule has 0 aliphatic heterocycles. The van der Waals surface area contributed by atoms with E-state index in [0.717, 1.165) is 12.0 Å². The molecule has 0 saturated heterocycles. The van der Waals surface area contributed by atoms with Gasteiger partial charge >= 0.3 is 5.69 Å². The molecular formula is C14H17N3O2S. The summed E-state index contributed by atoms with van der Waals surface area (Å²) in [4.78, 5) is 16.9. The number of aryl methyl sites for hydroxylation is 1. The first-order valence-corrected chi connectivity index (χ1v) is 7.28. The molecule has 0 saturated carbocycles. The van der Waals surface area contributed by atoms with Crippen LogP contribution in [0.2, 0.25) is 0 Å². The van der Waals surface area contributed by atoms with Gasteiger partial charge in [0.1, 0.15) is 0 Å². The predicted molar refractivity (Wildman–Crippen MR) is 81.5 cm³/mol. The number of likely N-dealkylation sites (N-methyl/N-ethyl adjacent to an activating group) is 1. The number of aromatic nitrogens is 1. The Hall–Kier alpha value is -1.95. The van der Waals surface area contributed by atoms with Gasteiger partial charge in [-0.25, -0.2) is 4.98 Å². The molecular weight excluding hydrogens is 274 g/mol. The summed E-state index contributed by atoms with van der Waals surface area (Å²) < 4.78 is 0. The monoisotopic (exact) mass is 291 g/mol.